The average molecular weight is 286 g/mol. The average Bonchev–Trinajstić information content (AvgIpc) is 2.90. The Hall–Kier alpha value is -1.48. The van der Waals surface area contributed by atoms with Crippen LogP contribution in [0.2, 0.25) is 0 Å². The molecule has 0 saturated carbocycles. The zero-order chi connectivity index (χ0) is 14.1. The van der Waals surface area contributed by atoms with Crippen molar-refractivity contribution in [1.29, 1.82) is 0 Å². The molecule has 1 N–H and O–H groups in total. The van der Waals surface area contributed by atoms with Crippen molar-refractivity contribution in [3.05, 3.63) is 45.6 Å². The summed E-state index contributed by atoms with van der Waals surface area (Å²) in [6.07, 6.45) is 3.77. The number of hydrogen-bond acceptors (Lipinski definition) is 3. The van der Waals surface area contributed by atoms with Gasteiger partial charge in [0.15, 0.2) is 0 Å². The summed E-state index contributed by atoms with van der Waals surface area (Å²) >= 11 is 1.90. The Morgan fingerprint density at radius 1 is 1.25 bits per heavy atom. The molecule has 106 valence electrons. The number of aryl methyl sites for hydroxylation is 2. The highest BCUT2D eigenvalue weighted by molar-refractivity contribution is 7.10. The molecule has 20 heavy (non-hydrogen) atoms. The third kappa shape index (κ3) is 2.55. The van der Waals surface area contributed by atoms with Gasteiger partial charge in [-0.2, -0.15) is 0 Å². The Balaban J connectivity index is 1.84. The van der Waals surface area contributed by atoms with Crippen molar-refractivity contribution in [1.82, 2.24) is 0 Å². The second-order valence-electron chi connectivity index (χ2n) is 5.78. The zero-order valence-corrected chi connectivity index (χ0v) is 13.3. The van der Waals surface area contributed by atoms with E-state index in [2.05, 4.69) is 60.9 Å². The molecule has 0 spiro atoms. The Bertz CT molecular complexity index is 601. The van der Waals surface area contributed by atoms with E-state index in [-0.39, 0.29) is 0 Å². The van der Waals surface area contributed by atoms with Gasteiger partial charge < -0.3 is 10.2 Å². The number of benzene rings is 1. The molecule has 0 fully saturated rings. The zero-order valence-electron chi connectivity index (χ0n) is 12.4. The van der Waals surface area contributed by atoms with Crippen molar-refractivity contribution in [3.63, 3.8) is 0 Å². The van der Waals surface area contributed by atoms with E-state index >= 15 is 0 Å². The number of nitrogens with zero attached hydrogens (tertiary/aromatic N) is 1. The van der Waals surface area contributed by atoms with Crippen LogP contribution >= 0.6 is 11.3 Å². The minimum atomic E-state index is 0.475. The molecule has 0 saturated heterocycles. The minimum Gasteiger partial charge on any atom is -0.378 e. The summed E-state index contributed by atoms with van der Waals surface area (Å²) in [5.41, 5.74) is 5.34. The molecule has 2 aromatic rings. The van der Waals surface area contributed by atoms with Crippen molar-refractivity contribution in [2.24, 2.45) is 0 Å². The predicted octanol–water partition coefficient (Wildman–Crippen LogP) is 4.61. The minimum absolute atomic E-state index is 0.475. The van der Waals surface area contributed by atoms with E-state index in [1.165, 1.54) is 41.8 Å². The second-order valence-corrected chi connectivity index (χ2v) is 6.78. The van der Waals surface area contributed by atoms with Crippen LogP contribution in [0.25, 0.3) is 0 Å². The first-order chi connectivity index (χ1) is 9.65. The van der Waals surface area contributed by atoms with Crippen LogP contribution in [-0.2, 0) is 6.42 Å². The molecule has 1 aromatic carbocycles. The summed E-state index contributed by atoms with van der Waals surface area (Å²) in [6, 6.07) is 9.42. The van der Waals surface area contributed by atoms with Gasteiger partial charge in [0.2, 0.25) is 0 Å². The smallest absolute Gasteiger partial charge is 0.0524 e. The molecule has 1 unspecified atom stereocenters. The van der Waals surface area contributed by atoms with Gasteiger partial charge in [0.05, 0.1) is 6.04 Å². The number of anilines is 2. The van der Waals surface area contributed by atoms with Crippen LogP contribution < -0.4 is 10.2 Å². The maximum atomic E-state index is 3.73. The summed E-state index contributed by atoms with van der Waals surface area (Å²) in [7, 11) is 4.20. The number of rotatable bonds is 3. The largest absolute Gasteiger partial charge is 0.378 e. The van der Waals surface area contributed by atoms with Gasteiger partial charge in [-0.1, -0.05) is 6.07 Å². The van der Waals surface area contributed by atoms with Crippen LogP contribution in [0.1, 0.15) is 34.9 Å². The van der Waals surface area contributed by atoms with Crippen LogP contribution in [0.15, 0.2) is 29.6 Å². The number of fused-ring (bicyclic) bond motifs is 1. The van der Waals surface area contributed by atoms with E-state index < -0.39 is 0 Å². The van der Waals surface area contributed by atoms with Crippen molar-refractivity contribution in [2.45, 2.75) is 32.2 Å². The van der Waals surface area contributed by atoms with Gasteiger partial charge in [0.1, 0.15) is 0 Å². The van der Waals surface area contributed by atoms with Gasteiger partial charge in [-0.3, -0.25) is 0 Å². The van der Waals surface area contributed by atoms with Crippen molar-refractivity contribution in [3.8, 4) is 0 Å². The Morgan fingerprint density at radius 2 is 2.10 bits per heavy atom. The molecule has 3 rings (SSSR count). The third-order valence-electron chi connectivity index (χ3n) is 4.08. The van der Waals surface area contributed by atoms with E-state index in [9.17, 15) is 0 Å². The maximum absolute atomic E-state index is 3.73. The molecule has 1 aromatic heterocycles. The topological polar surface area (TPSA) is 15.3 Å². The van der Waals surface area contributed by atoms with Gasteiger partial charge in [0.25, 0.3) is 0 Å². The van der Waals surface area contributed by atoms with E-state index in [1.807, 2.05) is 11.3 Å². The molecule has 0 amide bonds. The summed E-state index contributed by atoms with van der Waals surface area (Å²) in [6.45, 7) is 2.16. The first kappa shape index (κ1) is 13.5. The monoisotopic (exact) mass is 286 g/mol. The van der Waals surface area contributed by atoms with Crippen LogP contribution in [0.3, 0.4) is 0 Å². The standard InChI is InChI=1S/C17H22N2S/c1-12-7-8-13(11-16(12)19(2)3)18-15-5-4-6-17-14(15)9-10-20-17/h7-11,15,18H,4-6H2,1-3H3. The van der Waals surface area contributed by atoms with Gasteiger partial charge >= 0.3 is 0 Å². The SMILES string of the molecule is Cc1ccc(NC2CCCc3sccc32)cc1N(C)C. The lowest BCUT2D eigenvalue weighted by Gasteiger charge is -2.26. The van der Waals surface area contributed by atoms with Crippen LogP contribution in [0.5, 0.6) is 0 Å². The molecule has 3 heteroatoms. The van der Waals surface area contributed by atoms with Gasteiger partial charge in [-0.05, 0) is 60.9 Å². The fourth-order valence-electron chi connectivity index (χ4n) is 3.02. The molecule has 0 bridgehead atoms. The molecule has 1 aliphatic rings. The first-order valence-corrected chi connectivity index (χ1v) is 8.14. The lowest BCUT2D eigenvalue weighted by molar-refractivity contribution is 0.609. The second kappa shape index (κ2) is 5.49. The number of nitrogens with one attached hydrogen (secondary N) is 1. The fourth-order valence-corrected chi connectivity index (χ4v) is 4.01. The Morgan fingerprint density at radius 3 is 2.90 bits per heavy atom. The summed E-state index contributed by atoms with van der Waals surface area (Å²) < 4.78 is 0. The van der Waals surface area contributed by atoms with Gasteiger partial charge in [-0.25, -0.2) is 0 Å². The van der Waals surface area contributed by atoms with E-state index in [1.54, 1.807) is 4.88 Å². The maximum Gasteiger partial charge on any atom is 0.0524 e. The third-order valence-corrected chi connectivity index (χ3v) is 5.08. The quantitative estimate of drug-likeness (QED) is 0.886. The van der Waals surface area contributed by atoms with Gasteiger partial charge in [0, 0.05) is 30.3 Å². The normalized spacial score (nSPS) is 17.6. The first-order valence-electron chi connectivity index (χ1n) is 7.26. The van der Waals surface area contributed by atoms with Crippen molar-refractivity contribution >= 4 is 22.7 Å². The van der Waals surface area contributed by atoms with Crippen molar-refractivity contribution < 1.29 is 0 Å². The lowest BCUT2D eigenvalue weighted by Crippen LogP contribution is -2.16. The molecule has 1 atom stereocenters. The molecular weight excluding hydrogens is 264 g/mol. The summed E-state index contributed by atoms with van der Waals surface area (Å²) in [4.78, 5) is 3.74. The Kier molecular flexibility index (Phi) is 3.70. The highest BCUT2D eigenvalue weighted by Crippen LogP contribution is 2.36. The Labute approximate surface area is 125 Å². The van der Waals surface area contributed by atoms with E-state index in [4.69, 9.17) is 0 Å². The molecule has 0 aliphatic heterocycles. The lowest BCUT2D eigenvalue weighted by atomic mass is 9.94. The van der Waals surface area contributed by atoms with Crippen LogP contribution in [0, 0.1) is 6.92 Å². The van der Waals surface area contributed by atoms with Crippen LogP contribution in [-0.4, -0.2) is 14.1 Å². The molecular formula is C17H22N2S. The number of thiophene rings is 1. The fraction of sp³-hybridized carbons (Fsp3) is 0.412. The highest BCUT2D eigenvalue weighted by atomic mass is 32.1. The predicted molar refractivity (Wildman–Crippen MR) is 89.1 cm³/mol. The highest BCUT2D eigenvalue weighted by Gasteiger charge is 2.21. The molecule has 0 radical (unpaired) electrons. The number of hydrogen-bond donors (Lipinski definition) is 1. The molecule has 1 heterocycles. The van der Waals surface area contributed by atoms with Crippen LogP contribution in [0.4, 0.5) is 11.4 Å². The summed E-state index contributed by atoms with van der Waals surface area (Å²) in [5, 5.41) is 5.95. The van der Waals surface area contributed by atoms with E-state index in [0.717, 1.165) is 0 Å². The van der Waals surface area contributed by atoms with Crippen molar-refractivity contribution in [2.75, 3.05) is 24.3 Å². The van der Waals surface area contributed by atoms with Gasteiger partial charge in [-0.15, -0.1) is 11.3 Å². The molecule has 1 aliphatic carbocycles. The molecule has 2 nitrogen and oxygen atoms in total. The van der Waals surface area contributed by atoms with E-state index in [0.29, 0.717) is 6.04 Å². The summed E-state index contributed by atoms with van der Waals surface area (Å²) in [5.74, 6) is 0.